The maximum absolute atomic E-state index is 16.3. The summed E-state index contributed by atoms with van der Waals surface area (Å²) in [6.07, 6.45) is 2.15. The highest BCUT2D eigenvalue weighted by Gasteiger charge is 2.34. The summed E-state index contributed by atoms with van der Waals surface area (Å²) >= 11 is 7.62. The molecule has 0 aliphatic carbocycles. The van der Waals surface area contributed by atoms with Crippen LogP contribution in [0.5, 0.6) is 6.01 Å². The highest BCUT2D eigenvalue weighted by Crippen LogP contribution is 2.45. The van der Waals surface area contributed by atoms with E-state index in [0.717, 1.165) is 37.3 Å². The molecule has 3 N–H and O–H groups in total. The van der Waals surface area contributed by atoms with Gasteiger partial charge in [0.15, 0.2) is 5.82 Å². The van der Waals surface area contributed by atoms with Gasteiger partial charge in [-0.05, 0) is 30.5 Å². The van der Waals surface area contributed by atoms with Crippen molar-refractivity contribution in [3.63, 3.8) is 0 Å². The van der Waals surface area contributed by atoms with Gasteiger partial charge in [0.05, 0.1) is 22.4 Å². The molecular weight excluding hydrogens is 542 g/mol. The molecule has 4 heterocycles. The molecule has 0 radical (unpaired) electrons. The van der Waals surface area contributed by atoms with Crippen LogP contribution in [0.15, 0.2) is 18.2 Å². The zero-order valence-electron chi connectivity index (χ0n) is 22.5. The summed E-state index contributed by atoms with van der Waals surface area (Å²) in [6.45, 7) is 9.45. The Morgan fingerprint density at radius 3 is 2.44 bits per heavy atom. The predicted molar refractivity (Wildman–Crippen MR) is 156 cm³/mol. The van der Waals surface area contributed by atoms with Crippen molar-refractivity contribution in [1.82, 2.24) is 15.3 Å². The van der Waals surface area contributed by atoms with E-state index in [4.69, 9.17) is 22.1 Å². The van der Waals surface area contributed by atoms with Gasteiger partial charge in [-0.1, -0.05) is 45.4 Å². The van der Waals surface area contributed by atoms with Crippen LogP contribution in [0.1, 0.15) is 46.1 Å². The number of benzene rings is 2. The van der Waals surface area contributed by atoms with Gasteiger partial charge in [0.25, 0.3) is 0 Å². The zero-order chi connectivity index (χ0) is 28.4. The zero-order valence-corrected chi connectivity index (χ0v) is 24.1. The van der Waals surface area contributed by atoms with E-state index in [-0.39, 0.29) is 48.3 Å². The Balaban J connectivity index is 0.000000845. The van der Waals surface area contributed by atoms with Gasteiger partial charge < -0.3 is 20.7 Å². The molecule has 2 aliphatic rings. The van der Waals surface area contributed by atoms with E-state index in [1.807, 2.05) is 33.8 Å². The molecule has 11 heteroatoms. The fourth-order valence-corrected chi connectivity index (χ4v) is 6.46. The number of nitrogens with one attached hydrogen (secondary N) is 1. The number of ether oxygens (including phenoxy) is 1. The molecule has 39 heavy (non-hydrogen) atoms. The third-order valence-corrected chi connectivity index (χ3v) is 8.07. The Labute approximate surface area is 235 Å². The molecule has 6 rings (SSSR count). The summed E-state index contributed by atoms with van der Waals surface area (Å²) in [6, 6.07) is 6.98. The molecule has 2 fully saturated rings. The number of hydrogen-bond acceptors (Lipinski definition) is 8. The van der Waals surface area contributed by atoms with E-state index in [2.05, 4.69) is 20.2 Å². The smallest absolute Gasteiger partial charge is 0.318 e. The van der Waals surface area contributed by atoms with E-state index in [9.17, 15) is 9.65 Å². The van der Waals surface area contributed by atoms with Crippen molar-refractivity contribution in [2.24, 2.45) is 0 Å². The molecule has 4 aromatic rings. The van der Waals surface area contributed by atoms with Crippen LogP contribution in [0.2, 0.25) is 5.02 Å². The number of aromatic nitrogens is 2. The lowest BCUT2D eigenvalue weighted by atomic mass is 9.97. The molecule has 2 unspecified atom stereocenters. The number of nitrogens with zero attached hydrogens (tertiary/aromatic N) is 4. The molecule has 2 atom stereocenters. The minimum Gasteiger partial charge on any atom is -0.467 e. The second-order valence-corrected chi connectivity index (χ2v) is 10.2. The van der Waals surface area contributed by atoms with E-state index in [1.165, 1.54) is 19.2 Å². The van der Waals surface area contributed by atoms with E-state index >= 15 is 4.39 Å². The average molecular weight is 573 g/mol. The predicted octanol–water partition coefficient (Wildman–Crippen LogP) is 6.90. The van der Waals surface area contributed by atoms with Gasteiger partial charge in [-0.3, -0.25) is 0 Å². The Hall–Kier alpha value is -3.26. The minimum absolute atomic E-state index is 0.0190. The quantitative estimate of drug-likeness (QED) is 0.275. The SMILES string of the molecule is CC.CC.COc1nc(N2CC3CCC(C2)N3)c2cc(Cl)c(-c3ccc(F)c4sc(N)c(C#N)c34)c(F)c2n1. The molecule has 206 valence electrons. The minimum atomic E-state index is -0.700. The standard InChI is InChI=1S/C24H19ClF2N6OS.2C2H6/c1-34-24-31-20-13(23(32-24)33-8-10-2-3-11(9-33)30-10)6-15(25)18(19(20)27)12-4-5-16(26)21-17(12)14(7-28)22(29)35-21;2*1-2/h4-6,10-11,30H,2-3,8-9,29H2,1H3;2*1-2H3. The summed E-state index contributed by atoms with van der Waals surface area (Å²) in [5.74, 6) is -0.688. The second-order valence-electron chi connectivity index (χ2n) is 8.77. The van der Waals surface area contributed by atoms with E-state index < -0.39 is 11.6 Å². The van der Waals surface area contributed by atoms with Gasteiger partial charge in [-0.15, -0.1) is 11.3 Å². The number of anilines is 2. The number of fused-ring (bicyclic) bond motifs is 4. The van der Waals surface area contributed by atoms with Crippen LogP contribution >= 0.6 is 22.9 Å². The van der Waals surface area contributed by atoms with Crippen molar-refractivity contribution in [3.8, 4) is 23.2 Å². The fourth-order valence-electron chi connectivity index (χ4n) is 5.22. The van der Waals surface area contributed by atoms with Crippen LogP contribution in [-0.4, -0.2) is 42.3 Å². The summed E-state index contributed by atoms with van der Waals surface area (Å²) in [5.41, 5.74) is 6.39. The number of nitriles is 1. The van der Waals surface area contributed by atoms with Gasteiger partial charge in [0.1, 0.15) is 28.2 Å². The molecule has 2 aromatic heterocycles. The lowest BCUT2D eigenvalue weighted by Crippen LogP contribution is -2.51. The van der Waals surface area contributed by atoms with Crippen molar-refractivity contribution in [2.75, 3.05) is 30.8 Å². The first-order valence-electron chi connectivity index (χ1n) is 13.0. The number of rotatable bonds is 3. The fraction of sp³-hybridized carbons (Fsp3) is 0.393. The van der Waals surface area contributed by atoms with Crippen LogP contribution in [0.4, 0.5) is 19.6 Å². The number of nitrogen functional groups attached to an aromatic ring is 1. The molecule has 2 bridgehead atoms. The number of halogens is 3. The number of nitrogens with two attached hydrogens (primary N) is 1. The molecule has 0 amide bonds. The maximum Gasteiger partial charge on any atom is 0.318 e. The topological polar surface area (TPSA) is 100 Å². The van der Waals surface area contributed by atoms with Crippen LogP contribution in [0.25, 0.3) is 32.1 Å². The molecular formula is C28H31ClF2N6OS. The van der Waals surface area contributed by atoms with Gasteiger partial charge in [0, 0.05) is 41.5 Å². The lowest BCUT2D eigenvalue weighted by molar-refractivity contribution is 0.380. The Morgan fingerprint density at radius 2 is 1.82 bits per heavy atom. The molecule has 0 spiro atoms. The summed E-state index contributed by atoms with van der Waals surface area (Å²) in [4.78, 5) is 11.0. The first kappa shape index (κ1) is 28.7. The Bertz CT molecular complexity index is 1560. The van der Waals surface area contributed by atoms with E-state index in [0.29, 0.717) is 23.3 Å². The van der Waals surface area contributed by atoms with Crippen LogP contribution in [-0.2, 0) is 0 Å². The largest absolute Gasteiger partial charge is 0.467 e. The van der Waals surface area contributed by atoms with Gasteiger partial charge >= 0.3 is 6.01 Å². The Kier molecular flexibility index (Phi) is 8.74. The monoisotopic (exact) mass is 572 g/mol. The maximum atomic E-state index is 16.3. The van der Waals surface area contributed by atoms with Crippen molar-refractivity contribution in [2.45, 2.75) is 52.6 Å². The molecule has 2 aromatic carbocycles. The van der Waals surface area contributed by atoms with Crippen molar-refractivity contribution < 1.29 is 13.5 Å². The average Bonchev–Trinajstić information content (AvgIpc) is 3.49. The first-order chi connectivity index (χ1) is 18.9. The van der Waals surface area contributed by atoms with Gasteiger partial charge in [-0.25, -0.2) is 8.78 Å². The third kappa shape index (κ3) is 4.95. The molecule has 7 nitrogen and oxygen atoms in total. The number of thiophene rings is 1. The highest BCUT2D eigenvalue weighted by molar-refractivity contribution is 7.23. The van der Waals surface area contributed by atoms with Crippen molar-refractivity contribution in [1.29, 1.82) is 5.26 Å². The lowest BCUT2D eigenvalue weighted by Gasteiger charge is -2.34. The first-order valence-corrected chi connectivity index (χ1v) is 14.2. The number of methoxy groups -OCH3 is 1. The van der Waals surface area contributed by atoms with Gasteiger partial charge in [-0.2, -0.15) is 15.2 Å². The van der Waals surface area contributed by atoms with Crippen molar-refractivity contribution in [3.05, 3.63) is 40.4 Å². The number of piperazine rings is 1. The van der Waals surface area contributed by atoms with Crippen LogP contribution in [0, 0.1) is 23.0 Å². The molecule has 2 saturated heterocycles. The van der Waals surface area contributed by atoms with Crippen LogP contribution < -0.4 is 20.7 Å². The van der Waals surface area contributed by atoms with Crippen LogP contribution in [0.3, 0.4) is 0 Å². The summed E-state index contributed by atoms with van der Waals surface area (Å²) < 4.78 is 36.3. The van der Waals surface area contributed by atoms with Crippen molar-refractivity contribution >= 4 is 54.7 Å². The normalized spacial score (nSPS) is 17.8. The Morgan fingerprint density at radius 1 is 1.15 bits per heavy atom. The highest BCUT2D eigenvalue weighted by atomic mass is 35.5. The third-order valence-electron chi connectivity index (χ3n) is 6.74. The van der Waals surface area contributed by atoms with Gasteiger partial charge in [0.2, 0.25) is 0 Å². The second kappa shape index (κ2) is 11.9. The summed E-state index contributed by atoms with van der Waals surface area (Å²) in [5, 5.41) is 14.2. The number of hydrogen-bond donors (Lipinski definition) is 2. The van der Waals surface area contributed by atoms with E-state index in [1.54, 1.807) is 6.07 Å². The molecule has 0 saturated carbocycles. The summed E-state index contributed by atoms with van der Waals surface area (Å²) in [7, 11) is 1.43. The molecule has 2 aliphatic heterocycles.